The summed E-state index contributed by atoms with van der Waals surface area (Å²) in [5.74, 6) is 0. The first-order valence-electron chi connectivity index (χ1n) is 7.62. The Balaban J connectivity index is 3.42. The van der Waals surface area contributed by atoms with Gasteiger partial charge in [-0.25, -0.2) is 0 Å². The Morgan fingerprint density at radius 2 is 1.58 bits per heavy atom. The lowest BCUT2D eigenvalue weighted by Gasteiger charge is -2.35. The van der Waals surface area contributed by atoms with Gasteiger partial charge in [0.05, 0.1) is 25.8 Å². The van der Waals surface area contributed by atoms with Crippen molar-refractivity contribution in [3.05, 3.63) is 23.8 Å². The highest BCUT2D eigenvalue weighted by atomic mass is 15.3. The third-order valence-electron chi connectivity index (χ3n) is 5.27. The quantitative estimate of drug-likeness (QED) is 0.600. The van der Waals surface area contributed by atoms with Crippen molar-refractivity contribution in [3.63, 3.8) is 0 Å². The van der Waals surface area contributed by atoms with Gasteiger partial charge in [-0.1, -0.05) is 32.9 Å². The van der Waals surface area contributed by atoms with Crippen LogP contribution in [0.3, 0.4) is 0 Å². The highest BCUT2D eigenvalue weighted by Crippen LogP contribution is 2.40. The fourth-order valence-corrected chi connectivity index (χ4v) is 2.75. The predicted molar refractivity (Wildman–Crippen MR) is 87.6 cm³/mol. The molecule has 2 N–H and O–H groups in total. The molecule has 0 atom stereocenters. The number of rotatable bonds is 6. The lowest BCUT2D eigenvalue weighted by atomic mass is 9.76. The molecule has 1 aromatic rings. The van der Waals surface area contributed by atoms with Gasteiger partial charge >= 0.3 is 0 Å². The summed E-state index contributed by atoms with van der Waals surface area (Å²) in [6.45, 7) is 13.4. The van der Waals surface area contributed by atoms with E-state index in [9.17, 15) is 0 Å². The van der Waals surface area contributed by atoms with Crippen molar-refractivity contribution >= 4 is 11.4 Å². The van der Waals surface area contributed by atoms with Crippen LogP contribution in [0.2, 0.25) is 0 Å². The van der Waals surface area contributed by atoms with Gasteiger partial charge in [0, 0.05) is 6.07 Å². The van der Waals surface area contributed by atoms with Gasteiger partial charge in [0.1, 0.15) is 0 Å². The highest BCUT2D eigenvalue weighted by molar-refractivity contribution is 5.70. The van der Waals surface area contributed by atoms with E-state index >= 15 is 0 Å². The van der Waals surface area contributed by atoms with Gasteiger partial charge in [-0.3, -0.25) is 4.48 Å². The van der Waals surface area contributed by atoms with Crippen LogP contribution in [0, 0.1) is 0 Å². The number of nitrogens with two attached hydrogens (primary N) is 1. The molecule has 0 saturated heterocycles. The van der Waals surface area contributed by atoms with Crippen molar-refractivity contribution < 1.29 is 0 Å². The Labute approximate surface area is 119 Å². The van der Waals surface area contributed by atoms with Crippen molar-refractivity contribution in [2.24, 2.45) is 0 Å². The van der Waals surface area contributed by atoms with E-state index in [-0.39, 0.29) is 5.41 Å². The second-order valence-electron chi connectivity index (χ2n) is 6.03. The fraction of sp³-hybridized carbons (Fsp3) is 0.647. The normalized spacial score (nSPS) is 12.7. The summed E-state index contributed by atoms with van der Waals surface area (Å²) >= 11 is 0. The number of nitrogen functional groups attached to an aromatic ring is 1. The molecule has 0 fully saturated rings. The SMILES string of the molecule is CCC(C)(CC)c1cccc([N+](C)(CC)CC)c1N. The van der Waals surface area contributed by atoms with Crippen LogP contribution in [0.25, 0.3) is 0 Å². The van der Waals surface area contributed by atoms with Gasteiger partial charge in [-0.15, -0.1) is 0 Å². The van der Waals surface area contributed by atoms with Crippen LogP contribution >= 0.6 is 0 Å². The van der Waals surface area contributed by atoms with Gasteiger partial charge in [0.15, 0.2) is 5.69 Å². The molecule has 2 heteroatoms. The standard InChI is InChI=1S/C17H31N2/c1-7-17(5,8-2)14-12-11-13-15(16(14)18)19(6,9-3)10-4/h11-13H,7-10,18H2,1-6H3/q+1. The van der Waals surface area contributed by atoms with Gasteiger partial charge in [-0.2, -0.15) is 0 Å². The number of anilines is 1. The zero-order chi connectivity index (χ0) is 14.7. The molecule has 0 radical (unpaired) electrons. The fourth-order valence-electron chi connectivity index (χ4n) is 2.75. The van der Waals surface area contributed by atoms with Crippen molar-refractivity contribution in [1.82, 2.24) is 4.48 Å². The number of benzene rings is 1. The molecule has 1 rings (SSSR count). The number of nitrogens with zero attached hydrogens (tertiary/aromatic N) is 1. The molecular weight excluding hydrogens is 232 g/mol. The molecule has 0 unspecified atom stereocenters. The summed E-state index contributed by atoms with van der Waals surface area (Å²) in [5, 5.41) is 0. The zero-order valence-corrected chi connectivity index (χ0v) is 13.6. The molecule has 0 amide bonds. The summed E-state index contributed by atoms with van der Waals surface area (Å²) < 4.78 is 0.906. The molecule has 0 aliphatic rings. The van der Waals surface area contributed by atoms with Gasteiger partial charge in [0.2, 0.25) is 0 Å². The monoisotopic (exact) mass is 263 g/mol. The largest absolute Gasteiger partial charge is 0.394 e. The van der Waals surface area contributed by atoms with E-state index < -0.39 is 0 Å². The maximum absolute atomic E-state index is 6.54. The first-order chi connectivity index (χ1) is 8.88. The Morgan fingerprint density at radius 1 is 1.05 bits per heavy atom. The lowest BCUT2D eigenvalue weighted by Crippen LogP contribution is -2.45. The number of quaternary nitrogens is 1. The van der Waals surface area contributed by atoms with E-state index in [0.29, 0.717) is 0 Å². The van der Waals surface area contributed by atoms with Crippen molar-refractivity contribution in [2.75, 3.05) is 25.9 Å². The Kier molecular flexibility index (Phi) is 5.03. The van der Waals surface area contributed by atoms with Crippen LogP contribution in [0.5, 0.6) is 0 Å². The number of hydrogen-bond donors (Lipinski definition) is 1. The third kappa shape index (κ3) is 2.79. The van der Waals surface area contributed by atoms with Gasteiger partial charge in [0.25, 0.3) is 0 Å². The van der Waals surface area contributed by atoms with E-state index in [4.69, 9.17) is 5.73 Å². The predicted octanol–water partition coefficient (Wildman–Crippen LogP) is 4.32. The molecule has 0 aromatic heterocycles. The average molecular weight is 263 g/mol. The Hall–Kier alpha value is -1.02. The summed E-state index contributed by atoms with van der Waals surface area (Å²) in [7, 11) is 2.27. The van der Waals surface area contributed by atoms with Crippen LogP contribution in [-0.2, 0) is 5.41 Å². The lowest BCUT2D eigenvalue weighted by molar-refractivity contribution is 0.364. The molecule has 2 nitrogen and oxygen atoms in total. The van der Waals surface area contributed by atoms with Crippen molar-refractivity contribution in [2.45, 2.75) is 52.9 Å². The molecule has 0 aliphatic heterocycles. The first kappa shape index (κ1) is 16.0. The van der Waals surface area contributed by atoms with Gasteiger partial charge < -0.3 is 5.73 Å². The zero-order valence-electron chi connectivity index (χ0n) is 13.6. The van der Waals surface area contributed by atoms with E-state index in [1.54, 1.807) is 0 Å². The topological polar surface area (TPSA) is 26.0 Å². The first-order valence-corrected chi connectivity index (χ1v) is 7.62. The van der Waals surface area contributed by atoms with Gasteiger partial charge in [-0.05, 0) is 37.7 Å². The van der Waals surface area contributed by atoms with Crippen LogP contribution in [0.15, 0.2) is 18.2 Å². The Morgan fingerprint density at radius 3 is 2.00 bits per heavy atom. The molecule has 0 bridgehead atoms. The number of para-hydroxylation sites is 1. The smallest absolute Gasteiger partial charge is 0.156 e. The minimum absolute atomic E-state index is 0.187. The molecule has 0 heterocycles. The summed E-state index contributed by atoms with van der Waals surface area (Å²) in [5.41, 5.74) is 10.3. The molecule has 0 aliphatic carbocycles. The average Bonchev–Trinajstić information content (AvgIpc) is 2.45. The molecule has 19 heavy (non-hydrogen) atoms. The van der Waals surface area contributed by atoms with E-state index in [1.807, 2.05) is 0 Å². The Bertz CT molecular complexity index is 379. The molecule has 0 saturated carbocycles. The third-order valence-corrected chi connectivity index (χ3v) is 5.27. The second-order valence-corrected chi connectivity index (χ2v) is 6.03. The van der Waals surface area contributed by atoms with Crippen molar-refractivity contribution in [1.29, 1.82) is 0 Å². The summed E-state index contributed by atoms with van der Waals surface area (Å²) in [6.07, 6.45) is 2.25. The summed E-state index contributed by atoms with van der Waals surface area (Å²) in [4.78, 5) is 0. The van der Waals surface area contributed by atoms with Crippen LogP contribution in [0.4, 0.5) is 11.4 Å². The van der Waals surface area contributed by atoms with E-state index in [1.165, 1.54) is 11.3 Å². The van der Waals surface area contributed by atoms with E-state index in [0.717, 1.165) is 36.1 Å². The van der Waals surface area contributed by atoms with Crippen LogP contribution in [0.1, 0.15) is 53.0 Å². The van der Waals surface area contributed by atoms with E-state index in [2.05, 4.69) is 59.9 Å². The highest BCUT2D eigenvalue weighted by Gasteiger charge is 2.30. The minimum atomic E-state index is 0.187. The molecule has 108 valence electrons. The minimum Gasteiger partial charge on any atom is -0.394 e. The second kappa shape index (κ2) is 5.96. The van der Waals surface area contributed by atoms with Crippen LogP contribution < -0.4 is 10.2 Å². The molecule has 0 spiro atoms. The molecule has 1 aromatic carbocycles. The maximum Gasteiger partial charge on any atom is 0.156 e. The van der Waals surface area contributed by atoms with Crippen molar-refractivity contribution in [3.8, 4) is 0 Å². The molecular formula is C17H31N2+. The number of hydrogen-bond acceptors (Lipinski definition) is 1. The van der Waals surface area contributed by atoms with Crippen LogP contribution in [-0.4, -0.2) is 20.1 Å². The maximum atomic E-state index is 6.54. The summed E-state index contributed by atoms with van der Waals surface area (Å²) in [6, 6.07) is 6.57.